The van der Waals surface area contributed by atoms with Crippen LogP contribution in [0.2, 0.25) is 0 Å². The molecular formula is C22H27BrIN3O2. The Kier molecular flexibility index (Phi) is 7.81. The van der Waals surface area contributed by atoms with Gasteiger partial charge in [0.1, 0.15) is 5.75 Å². The number of benzene rings is 2. The molecular weight excluding hydrogens is 545 g/mol. The molecule has 3 N–H and O–H groups in total. The van der Waals surface area contributed by atoms with Crippen molar-refractivity contribution in [1.82, 2.24) is 5.32 Å². The van der Waals surface area contributed by atoms with Gasteiger partial charge >= 0.3 is 0 Å². The third kappa shape index (κ3) is 5.24. The molecule has 0 aliphatic carbocycles. The maximum absolute atomic E-state index is 6.30. The zero-order valence-corrected chi connectivity index (χ0v) is 20.2. The Morgan fingerprint density at radius 1 is 1.10 bits per heavy atom. The number of aliphatic imine (C=N–C) groups is 1. The Morgan fingerprint density at radius 3 is 2.59 bits per heavy atom. The van der Waals surface area contributed by atoms with E-state index in [-0.39, 0.29) is 35.4 Å². The smallest absolute Gasteiger partial charge is 0.189 e. The second-order valence-electron chi connectivity index (χ2n) is 7.47. The Bertz CT molecular complexity index is 838. The molecule has 4 rings (SSSR count). The number of nitrogens with two attached hydrogens (primary N) is 1. The van der Waals surface area contributed by atoms with Crippen molar-refractivity contribution in [2.24, 2.45) is 10.7 Å². The summed E-state index contributed by atoms with van der Waals surface area (Å²) in [6.45, 7) is 2.85. The zero-order valence-electron chi connectivity index (χ0n) is 16.3. The number of nitrogens with one attached hydrogen (secondary N) is 1. The van der Waals surface area contributed by atoms with Crippen LogP contribution in [0, 0.1) is 0 Å². The molecule has 5 nitrogen and oxygen atoms in total. The number of para-hydroxylation sites is 1. The van der Waals surface area contributed by atoms with Gasteiger partial charge in [-0.2, -0.15) is 0 Å². The number of hydrogen-bond acceptors (Lipinski definition) is 3. The van der Waals surface area contributed by atoms with E-state index in [0.29, 0.717) is 19.1 Å². The molecule has 2 aromatic rings. The van der Waals surface area contributed by atoms with Crippen LogP contribution in [0.3, 0.4) is 0 Å². The van der Waals surface area contributed by atoms with Crippen molar-refractivity contribution in [3.8, 4) is 5.75 Å². The van der Waals surface area contributed by atoms with E-state index in [0.717, 1.165) is 48.3 Å². The first kappa shape index (κ1) is 22.4. The lowest BCUT2D eigenvalue weighted by atomic mass is 9.74. The Morgan fingerprint density at radius 2 is 1.83 bits per heavy atom. The van der Waals surface area contributed by atoms with Gasteiger partial charge in [-0.3, -0.25) is 4.99 Å². The highest BCUT2D eigenvalue weighted by Crippen LogP contribution is 2.36. The van der Waals surface area contributed by atoms with Crippen LogP contribution in [0.4, 0.5) is 0 Å². The number of nitrogens with zero attached hydrogens (tertiary/aromatic N) is 1. The van der Waals surface area contributed by atoms with Crippen molar-refractivity contribution in [1.29, 1.82) is 0 Å². The van der Waals surface area contributed by atoms with Gasteiger partial charge in [0, 0.05) is 35.1 Å². The molecule has 0 amide bonds. The first-order chi connectivity index (χ1) is 13.7. The SMILES string of the molecule is I.NC(=NCC1(c2ccc(Br)cc2)CCOCC1)NC1CCOc2ccccc21. The summed E-state index contributed by atoms with van der Waals surface area (Å²) in [6.07, 6.45) is 2.77. The first-order valence-electron chi connectivity index (χ1n) is 9.78. The minimum Gasteiger partial charge on any atom is -0.493 e. The van der Waals surface area contributed by atoms with E-state index in [4.69, 9.17) is 20.2 Å². The van der Waals surface area contributed by atoms with Crippen molar-refractivity contribution >= 4 is 45.9 Å². The minimum absolute atomic E-state index is 0. The molecule has 1 fully saturated rings. The highest BCUT2D eigenvalue weighted by molar-refractivity contribution is 14.0. The normalized spacial score (nSPS) is 20.7. The lowest BCUT2D eigenvalue weighted by Crippen LogP contribution is -2.41. The number of halogens is 2. The van der Waals surface area contributed by atoms with Crippen LogP contribution < -0.4 is 15.8 Å². The van der Waals surface area contributed by atoms with Crippen LogP contribution in [0.15, 0.2) is 58.0 Å². The van der Waals surface area contributed by atoms with Gasteiger partial charge in [-0.05, 0) is 36.6 Å². The van der Waals surface area contributed by atoms with E-state index in [1.807, 2.05) is 18.2 Å². The topological polar surface area (TPSA) is 68.9 Å². The molecule has 0 aromatic heterocycles. The average molecular weight is 572 g/mol. The summed E-state index contributed by atoms with van der Waals surface area (Å²) in [5.74, 6) is 1.42. The Balaban J connectivity index is 0.00000240. The minimum atomic E-state index is -0.0289. The molecule has 0 radical (unpaired) electrons. The van der Waals surface area contributed by atoms with Gasteiger partial charge < -0.3 is 20.5 Å². The molecule has 2 aromatic carbocycles. The molecule has 1 atom stereocenters. The largest absolute Gasteiger partial charge is 0.493 e. The standard InChI is InChI=1S/C22H26BrN3O2.HI/c23-17-7-5-16(6-8-17)22(10-13-27-14-11-22)15-25-21(24)26-19-9-12-28-20-4-2-1-3-18(19)20;/h1-8,19H,9-15H2,(H3,24,25,26);1H. The average Bonchev–Trinajstić information content (AvgIpc) is 2.74. The fourth-order valence-electron chi connectivity index (χ4n) is 4.06. The van der Waals surface area contributed by atoms with Crippen LogP contribution in [-0.4, -0.2) is 32.3 Å². The number of fused-ring (bicyclic) bond motifs is 1. The van der Waals surface area contributed by atoms with Crippen LogP contribution in [0.1, 0.15) is 36.4 Å². The molecule has 29 heavy (non-hydrogen) atoms. The lowest BCUT2D eigenvalue weighted by Gasteiger charge is -2.36. The summed E-state index contributed by atoms with van der Waals surface area (Å²) in [6, 6.07) is 16.8. The van der Waals surface area contributed by atoms with Crippen molar-refractivity contribution in [3.63, 3.8) is 0 Å². The fraction of sp³-hybridized carbons (Fsp3) is 0.409. The lowest BCUT2D eigenvalue weighted by molar-refractivity contribution is 0.0531. The van der Waals surface area contributed by atoms with Gasteiger partial charge in [-0.25, -0.2) is 0 Å². The molecule has 2 heterocycles. The summed E-state index contributed by atoms with van der Waals surface area (Å²) >= 11 is 3.53. The monoisotopic (exact) mass is 571 g/mol. The second-order valence-corrected chi connectivity index (χ2v) is 8.39. The molecule has 7 heteroatoms. The van der Waals surface area contributed by atoms with Crippen molar-refractivity contribution in [3.05, 3.63) is 64.1 Å². The van der Waals surface area contributed by atoms with Crippen LogP contribution in [0.25, 0.3) is 0 Å². The summed E-state index contributed by atoms with van der Waals surface area (Å²) in [5, 5.41) is 3.40. The van der Waals surface area contributed by atoms with Gasteiger partial charge in [-0.15, -0.1) is 24.0 Å². The third-order valence-electron chi connectivity index (χ3n) is 5.74. The van der Waals surface area contributed by atoms with Crippen molar-refractivity contribution in [2.75, 3.05) is 26.4 Å². The van der Waals surface area contributed by atoms with Crippen LogP contribution in [-0.2, 0) is 10.2 Å². The van der Waals surface area contributed by atoms with E-state index in [2.05, 4.69) is 51.6 Å². The van der Waals surface area contributed by atoms with E-state index in [1.165, 1.54) is 5.56 Å². The maximum Gasteiger partial charge on any atom is 0.189 e. The molecule has 2 aliphatic rings. The number of ether oxygens (including phenoxy) is 2. The molecule has 0 spiro atoms. The number of guanidine groups is 1. The van der Waals surface area contributed by atoms with Crippen LogP contribution in [0.5, 0.6) is 5.75 Å². The summed E-state index contributed by atoms with van der Waals surface area (Å²) < 4.78 is 12.4. The molecule has 1 saturated heterocycles. The first-order valence-corrected chi connectivity index (χ1v) is 10.6. The number of hydrogen-bond donors (Lipinski definition) is 2. The van der Waals surface area contributed by atoms with E-state index < -0.39 is 0 Å². The third-order valence-corrected chi connectivity index (χ3v) is 6.27. The van der Waals surface area contributed by atoms with Crippen molar-refractivity contribution in [2.45, 2.75) is 30.7 Å². The molecule has 2 aliphatic heterocycles. The Labute approximate surface area is 197 Å². The predicted octanol–water partition coefficient (Wildman–Crippen LogP) is 4.54. The highest BCUT2D eigenvalue weighted by atomic mass is 127. The van der Waals surface area contributed by atoms with Gasteiger partial charge in [0.25, 0.3) is 0 Å². The van der Waals surface area contributed by atoms with Gasteiger partial charge in [0.05, 0.1) is 19.2 Å². The zero-order chi connectivity index (χ0) is 19.4. The fourth-order valence-corrected chi connectivity index (χ4v) is 4.32. The van der Waals surface area contributed by atoms with E-state index in [9.17, 15) is 0 Å². The van der Waals surface area contributed by atoms with Gasteiger partial charge in [-0.1, -0.05) is 46.3 Å². The molecule has 156 valence electrons. The van der Waals surface area contributed by atoms with Crippen molar-refractivity contribution < 1.29 is 9.47 Å². The summed E-state index contributed by atoms with van der Waals surface area (Å²) in [7, 11) is 0. The van der Waals surface area contributed by atoms with Gasteiger partial charge in [0.15, 0.2) is 5.96 Å². The predicted molar refractivity (Wildman–Crippen MR) is 130 cm³/mol. The van der Waals surface area contributed by atoms with Crippen LogP contribution >= 0.6 is 39.9 Å². The molecule has 0 bridgehead atoms. The molecule has 0 saturated carbocycles. The highest BCUT2D eigenvalue weighted by Gasteiger charge is 2.34. The Hall–Kier alpha value is -1.32. The maximum atomic E-state index is 6.30. The van der Waals surface area contributed by atoms with E-state index in [1.54, 1.807) is 0 Å². The number of rotatable bonds is 4. The van der Waals surface area contributed by atoms with Gasteiger partial charge in [0.2, 0.25) is 0 Å². The van der Waals surface area contributed by atoms with E-state index >= 15 is 0 Å². The second kappa shape index (κ2) is 10.1. The molecule has 1 unspecified atom stereocenters. The quantitative estimate of drug-likeness (QED) is 0.321. The summed E-state index contributed by atoms with van der Waals surface area (Å²) in [5.41, 5.74) is 8.71. The summed E-state index contributed by atoms with van der Waals surface area (Å²) in [4.78, 5) is 4.76.